The Hall–Kier alpha value is -1.35. The number of ether oxygens (including phenoxy) is 1. The van der Waals surface area contributed by atoms with Crippen LogP contribution in [0.1, 0.15) is 28.4 Å². The maximum absolute atomic E-state index is 13.9. The minimum absolute atomic E-state index is 0.213. The van der Waals surface area contributed by atoms with E-state index in [0.717, 1.165) is 16.9 Å². The summed E-state index contributed by atoms with van der Waals surface area (Å²) in [6, 6.07) is 12.7. The zero-order valence-electron chi connectivity index (χ0n) is 11.0. The largest absolute Gasteiger partial charge is 0.494 e. The molecular formula is C16H16BrFO. The lowest BCUT2D eigenvalue weighted by Crippen LogP contribution is -2.02. The molecule has 0 heterocycles. The molecule has 0 aliphatic heterocycles. The van der Waals surface area contributed by atoms with Crippen LogP contribution in [0.2, 0.25) is 0 Å². The summed E-state index contributed by atoms with van der Waals surface area (Å²) < 4.78 is 19.5. The fourth-order valence-corrected chi connectivity index (χ4v) is 2.73. The van der Waals surface area contributed by atoms with Gasteiger partial charge in [-0.15, -0.1) is 0 Å². The van der Waals surface area contributed by atoms with Crippen LogP contribution in [-0.4, -0.2) is 6.61 Å². The van der Waals surface area contributed by atoms with Crippen molar-refractivity contribution in [3.8, 4) is 5.75 Å². The first kappa shape index (κ1) is 14.1. The van der Waals surface area contributed by atoms with E-state index >= 15 is 0 Å². The molecule has 0 spiro atoms. The molecule has 100 valence electrons. The summed E-state index contributed by atoms with van der Waals surface area (Å²) in [5.41, 5.74) is 2.69. The molecule has 0 N–H and O–H groups in total. The Kier molecular flexibility index (Phi) is 4.59. The molecule has 0 radical (unpaired) electrons. The molecule has 3 heteroatoms. The molecule has 0 saturated carbocycles. The number of benzene rings is 2. The lowest BCUT2D eigenvalue weighted by Gasteiger charge is -2.17. The summed E-state index contributed by atoms with van der Waals surface area (Å²) in [7, 11) is 0. The highest BCUT2D eigenvalue weighted by Crippen LogP contribution is 2.38. The average Bonchev–Trinajstić information content (AvgIpc) is 2.41. The molecule has 0 aliphatic rings. The predicted molar refractivity (Wildman–Crippen MR) is 79.5 cm³/mol. The van der Waals surface area contributed by atoms with Crippen molar-refractivity contribution in [1.29, 1.82) is 0 Å². The van der Waals surface area contributed by atoms with Crippen molar-refractivity contribution < 1.29 is 9.13 Å². The van der Waals surface area contributed by atoms with Crippen LogP contribution in [0.25, 0.3) is 0 Å². The van der Waals surface area contributed by atoms with Gasteiger partial charge in [0.05, 0.1) is 11.4 Å². The van der Waals surface area contributed by atoms with Crippen LogP contribution in [-0.2, 0) is 0 Å². The van der Waals surface area contributed by atoms with E-state index < -0.39 is 0 Å². The van der Waals surface area contributed by atoms with Crippen molar-refractivity contribution in [3.05, 3.63) is 65.0 Å². The van der Waals surface area contributed by atoms with Crippen LogP contribution in [0.5, 0.6) is 5.75 Å². The van der Waals surface area contributed by atoms with Gasteiger partial charge in [0.2, 0.25) is 0 Å². The Morgan fingerprint density at radius 1 is 1.16 bits per heavy atom. The molecule has 0 bridgehead atoms. The zero-order valence-corrected chi connectivity index (χ0v) is 12.6. The van der Waals surface area contributed by atoms with Crippen molar-refractivity contribution in [2.45, 2.75) is 18.7 Å². The van der Waals surface area contributed by atoms with Gasteiger partial charge in [-0.25, -0.2) is 4.39 Å². The molecule has 2 rings (SSSR count). The average molecular weight is 323 g/mol. The summed E-state index contributed by atoms with van der Waals surface area (Å²) in [4.78, 5) is -0.213. The highest BCUT2D eigenvalue weighted by atomic mass is 79.9. The lowest BCUT2D eigenvalue weighted by molar-refractivity contribution is 0.337. The van der Waals surface area contributed by atoms with Crippen LogP contribution in [0.15, 0.2) is 42.5 Å². The Balaban J connectivity index is 2.45. The van der Waals surface area contributed by atoms with Gasteiger partial charge < -0.3 is 4.74 Å². The first-order valence-corrected chi connectivity index (χ1v) is 7.17. The van der Waals surface area contributed by atoms with E-state index in [-0.39, 0.29) is 10.6 Å². The van der Waals surface area contributed by atoms with E-state index in [2.05, 4.69) is 15.9 Å². The highest BCUT2D eigenvalue weighted by molar-refractivity contribution is 9.09. The first-order valence-electron chi connectivity index (χ1n) is 6.25. The molecule has 19 heavy (non-hydrogen) atoms. The maximum atomic E-state index is 13.9. The second-order valence-corrected chi connectivity index (χ2v) is 5.27. The summed E-state index contributed by atoms with van der Waals surface area (Å²) in [5, 5.41) is 0. The Morgan fingerprint density at radius 3 is 2.58 bits per heavy atom. The lowest BCUT2D eigenvalue weighted by atomic mass is 10.0. The Morgan fingerprint density at radius 2 is 1.89 bits per heavy atom. The van der Waals surface area contributed by atoms with E-state index in [0.29, 0.717) is 12.2 Å². The van der Waals surface area contributed by atoms with E-state index in [1.165, 1.54) is 6.07 Å². The van der Waals surface area contributed by atoms with Crippen LogP contribution < -0.4 is 4.74 Å². The van der Waals surface area contributed by atoms with E-state index in [1.807, 2.05) is 38.1 Å². The van der Waals surface area contributed by atoms with Crippen molar-refractivity contribution >= 4 is 15.9 Å². The second kappa shape index (κ2) is 6.20. The van der Waals surface area contributed by atoms with Crippen LogP contribution >= 0.6 is 15.9 Å². The topological polar surface area (TPSA) is 9.23 Å². The molecule has 0 aliphatic carbocycles. The van der Waals surface area contributed by atoms with Gasteiger partial charge in [0.25, 0.3) is 0 Å². The number of aryl methyl sites for hydroxylation is 1. The molecule has 0 amide bonds. The SMILES string of the molecule is CCOc1ccc(C)cc1C(Br)c1ccccc1F. The molecule has 0 fully saturated rings. The Bertz CT molecular complexity index is 568. The number of hydrogen-bond acceptors (Lipinski definition) is 1. The summed E-state index contributed by atoms with van der Waals surface area (Å²) >= 11 is 3.58. The molecule has 0 aromatic heterocycles. The second-order valence-electron chi connectivity index (χ2n) is 4.36. The first-order chi connectivity index (χ1) is 9.13. The van der Waals surface area contributed by atoms with Crippen LogP contribution in [0.4, 0.5) is 4.39 Å². The van der Waals surface area contributed by atoms with Gasteiger partial charge in [0.1, 0.15) is 11.6 Å². The monoisotopic (exact) mass is 322 g/mol. The normalized spacial score (nSPS) is 12.2. The Labute approximate surface area is 121 Å². The fraction of sp³-hybridized carbons (Fsp3) is 0.250. The van der Waals surface area contributed by atoms with Crippen molar-refractivity contribution in [3.63, 3.8) is 0 Å². The third-order valence-corrected chi connectivity index (χ3v) is 3.90. The number of halogens is 2. The van der Waals surface area contributed by atoms with Crippen molar-refractivity contribution in [1.82, 2.24) is 0 Å². The zero-order chi connectivity index (χ0) is 13.8. The van der Waals surface area contributed by atoms with Gasteiger partial charge in [-0.2, -0.15) is 0 Å². The summed E-state index contributed by atoms with van der Waals surface area (Å²) in [6.07, 6.45) is 0. The third-order valence-electron chi connectivity index (χ3n) is 2.92. The third kappa shape index (κ3) is 3.16. The molecular weight excluding hydrogens is 307 g/mol. The van der Waals surface area contributed by atoms with Crippen molar-refractivity contribution in [2.24, 2.45) is 0 Å². The number of alkyl halides is 1. The molecule has 2 aromatic carbocycles. The van der Waals surface area contributed by atoms with Gasteiger partial charge in [-0.05, 0) is 26.0 Å². The summed E-state index contributed by atoms with van der Waals surface area (Å²) in [5.74, 6) is 0.576. The minimum atomic E-state index is -0.215. The number of hydrogen-bond donors (Lipinski definition) is 0. The van der Waals surface area contributed by atoms with E-state index in [4.69, 9.17) is 4.74 Å². The molecule has 1 unspecified atom stereocenters. The number of rotatable bonds is 4. The summed E-state index contributed by atoms with van der Waals surface area (Å²) in [6.45, 7) is 4.54. The predicted octanol–water partition coefficient (Wildman–Crippen LogP) is 5.02. The molecule has 1 atom stereocenters. The van der Waals surface area contributed by atoms with Gasteiger partial charge in [0.15, 0.2) is 0 Å². The smallest absolute Gasteiger partial charge is 0.127 e. The highest BCUT2D eigenvalue weighted by Gasteiger charge is 2.18. The van der Waals surface area contributed by atoms with Crippen LogP contribution in [0.3, 0.4) is 0 Å². The fourth-order valence-electron chi connectivity index (χ4n) is 2.00. The van der Waals surface area contributed by atoms with Crippen LogP contribution in [0, 0.1) is 12.7 Å². The quantitative estimate of drug-likeness (QED) is 0.718. The molecule has 0 saturated heterocycles. The van der Waals surface area contributed by atoms with Gasteiger partial charge in [-0.3, -0.25) is 0 Å². The van der Waals surface area contributed by atoms with Crippen molar-refractivity contribution in [2.75, 3.05) is 6.61 Å². The molecule has 1 nitrogen and oxygen atoms in total. The van der Waals surface area contributed by atoms with Gasteiger partial charge in [0, 0.05) is 11.1 Å². The molecule has 2 aromatic rings. The minimum Gasteiger partial charge on any atom is -0.494 e. The standard InChI is InChI=1S/C16H16BrFO/c1-3-19-15-9-8-11(2)10-13(15)16(17)12-6-4-5-7-14(12)18/h4-10,16H,3H2,1-2H3. The van der Waals surface area contributed by atoms with E-state index in [1.54, 1.807) is 12.1 Å². The maximum Gasteiger partial charge on any atom is 0.127 e. The van der Waals surface area contributed by atoms with Gasteiger partial charge in [-0.1, -0.05) is 51.8 Å². The van der Waals surface area contributed by atoms with Gasteiger partial charge >= 0.3 is 0 Å². The van der Waals surface area contributed by atoms with E-state index in [9.17, 15) is 4.39 Å².